The van der Waals surface area contributed by atoms with Crippen LogP contribution in [0.25, 0.3) is 0 Å². The monoisotopic (exact) mass is 394 g/mol. The first kappa shape index (κ1) is 21.3. The van der Waals surface area contributed by atoms with Crippen LogP contribution in [0, 0.1) is 5.92 Å². The van der Waals surface area contributed by atoms with Crippen LogP contribution in [0.1, 0.15) is 25.0 Å². The van der Waals surface area contributed by atoms with E-state index in [-0.39, 0.29) is 24.1 Å². The standard InChI is InChI=1S/C20H21F3N2O3/c1-13(2)19(27)25-16-8-6-14(7-9-16)11-24-18(26)12-28-17-5-3-4-15(10-17)20(21,22)23/h3-10,13H,11-12H2,1-2H3,(H,24,26)(H,25,27). The van der Waals surface area contributed by atoms with Crippen molar-refractivity contribution in [1.29, 1.82) is 0 Å². The number of carbonyl (C=O) groups is 2. The van der Waals surface area contributed by atoms with Crippen LogP contribution in [0.4, 0.5) is 18.9 Å². The van der Waals surface area contributed by atoms with E-state index in [4.69, 9.17) is 4.74 Å². The van der Waals surface area contributed by atoms with Gasteiger partial charge in [0, 0.05) is 18.2 Å². The topological polar surface area (TPSA) is 67.4 Å². The zero-order valence-electron chi connectivity index (χ0n) is 15.5. The number of benzene rings is 2. The number of nitrogens with one attached hydrogen (secondary N) is 2. The van der Waals surface area contributed by atoms with Gasteiger partial charge in [-0.3, -0.25) is 9.59 Å². The lowest BCUT2D eigenvalue weighted by Gasteiger charge is -2.11. The lowest BCUT2D eigenvalue weighted by atomic mass is 10.1. The van der Waals surface area contributed by atoms with Crippen molar-refractivity contribution in [3.05, 3.63) is 59.7 Å². The summed E-state index contributed by atoms with van der Waals surface area (Å²) in [7, 11) is 0. The molecule has 0 aliphatic heterocycles. The van der Waals surface area contributed by atoms with Gasteiger partial charge in [0.25, 0.3) is 5.91 Å². The van der Waals surface area contributed by atoms with Crippen molar-refractivity contribution in [3.8, 4) is 5.75 Å². The van der Waals surface area contributed by atoms with Gasteiger partial charge in [0.2, 0.25) is 5.91 Å². The Bertz CT molecular complexity index is 818. The van der Waals surface area contributed by atoms with Crippen molar-refractivity contribution in [3.63, 3.8) is 0 Å². The molecule has 0 saturated heterocycles. The molecule has 0 bridgehead atoms. The molecule has 0 spiro atoms. The summed E-state index contributed by atoms with van der Waals surface area (Å²) in [5.74, 6) is -0.714. The van der Waals surface area contributed by atoms with Crippen LogP contribution in [0.2, 0.25) is 0 Å². The van der Waals surface area contributed by atoms with E-state index in [1.54, 1.807) is 38.1 Å². The van der Waals surface area contributed by atoms with E-state index in [1.807, 2.05) is 0 Å². The van der Waals surface area contributed by atoms with E-state index in [1.165, 1.54) is 12.1 Å². The lowest BCUT2D eigenvalue weighted by Crippen LogP contribution is -2.28. The van der Waals surface area contributed by atoms with Gasteiger partial charge in [-0.15, -0.1) is 0 Å². The van der Waals surface area contributed by atoms with Crippen molar-refractivity contribution < 1.29 is 27.5 Å². The summed E-state index contributed by atoms with van der Waals surface area (Å²) in [6.45, 7) is 3.41. The second-order valence-electron chi connectivity index (χ2n) is 6.43. The second-order valence-corrected chi connectivity index (χ2v) is 6.43. The Labute approximate surface area is 160 Å². The third kappa shape index (κ3) is 6.61. The Kier molecular flexibility index (Phi) is 7.03. The molecule has 5 nitrogen and oxygen atoms in total. The first-order chi connectivity index (χ1) is 13.1. The minimum absolute atomic E-state index is 0.0322. The van der Waals surface area contributed by atoms with Crippen LogP contribution in [0.15, 0.2) is 48.5 Å². The Morgan fingerprint density at radius 1 is 1.07 bits per heavy atom. The number of hydrogen-bond donors (Lipinski definition) is 2. The van der Waals surface area contributed by atoms with Crippen LogP contribution < -0.4 is 15.4 Å². The molecular formula is C20H21F3N2O3. The van der Waals surface area contributed by atoms with E-state index in [9.17, 15) is 22.8 Å². The number of amides is 2. The minimum atomic E-state index is -4.47. The van der Waals surface area contributed by atoms with Crippen molar-refractivity contribution in [2.75, 3.05) is 11.9 Å². The molecule has 2 N–H and O–H groups in total. The molecule has 0 saturated carbocycles. The molecule has 0 fully saturated rings. The van der Waals surface area contributed by atoms with Crippen molar-refractivity contribution in [2.45, 2.75) is 26.6 Å². The third-order valence-corrected chi connectivity index (χ3v) is 3.77. The van der Waals surface area contributed by atoms with E-state index in [0.717, 1.165) is 17.7 Å². The molecule has 0 aliphatic rings. The summed E-state index contributed by atoms with van der Waals surface area (Å²) in [5.41, 5.74) is 0.617. The summed E-state index contributed by atoms with van der Waals surface area (Å²) in [4.78, 5) is 23.5. The fraction of sp³-hybridized carbons (Fsp3) is 0.300. The summed E-state index contributed by atoms with van der Waals surface area (Å²) in [5, 5.41) is 5.38. The number of anilines is 1. The molecule has 2 aromatic carbocycles. The Morgan fingerprint density at radius 2 is 1.75 bits per heavy atom. The highest BCUT2D eigenvalue weighted by atomic mass is 19.4. The number of hydrogen-bond acceptors (Lipinski definition) is 3. The maximum absolute atomic E-state index is 12.7. The molecule has 150 valence electrons. The molecule has 0 aromatic heterocycles. The predicted octanol–water partition coefficient (Wildman–Crippen LogP) is 4.00. The Balaban J connectivity index is 1.80. The number of ether oxygens (including phenoxy) is 1. The summed E-state index contributed by atoms with van der Waals surface area (Å²) < 4.78 is 43.1. The second kappa shape index (κ2) is 9.25. The molecular weight excluding hydrogens is 373 g/mol. The minimum Gasteiger partial charge on any atom is -0.484 e. The highest BCUT2D eigenvalue weighted by molar-refractivity contribution is 5.92. The van der Waals surface area contributed by atoms with Crippen molar-refractivity contribution in [1.82, 2.24) is 5.32 Å². The predicted molar refractivity (Wildman–Crippen MR) is 98.7 cm³/mol. The van der Waals surface area contributed by atoms with Gasteiger partial charge in [-0.1, -0.05) is 32.0 Å². The van der Waals surface area contributed by atoms with Crippen molar-refractivity contribution >= 4 is 17.5 Å². The van der Waals surface area contributed by atoms with Gasteiger partial charge in [0.15, 0.2) is 6.61 Å². The molecule has 28 heavy (non-hydrogen) atoms. The number of halogens is 3. The zero-order chi connectivity index (χ0) is 20.7. The quantitative estimate of drug-likeness (QED) is 0.746. The van der Waals surface area contributed by atoms with Crippen LogP contribution >= 0.6 is 0 Å². The van der Waals surface area contributed by atoms with Crippen molar-refractivity contribution in [2.24, 2.45) is 5.92 Å². The third-order valence-electron chi connectivity index (χ3n) is 3.77. The average Bonchev–Trinajstić information content (AvgIpc) is 2.65. The van der Waals surface area contributed by atoms with Gasteiger partial charge in [-0.25, -0.2) is 0 Å². The zero-order valence-corrected chi connectivity index (χ0v) is 15.5. The number of alkyl halides is 3. The first-order valence-electron chi connectivity index (χ1n) is 8.61. The highest BCUT2D eigenvalue weighted by Crippen LogP contribution is 2.31. The molecule has 2 amide bonds. The number of rotatable bonds is 7. The molecule has 0 atom stereocenters. The normalized spacial score (nSPS) is 11.2. The van der Waals surface area contributed by atoms with Gasteiger partial charge in [0.1, 0.15) is 5.75 Å². The molecule has 2 aromatic rings. The molecule has 2 rings (SSSR count). The highest BCUT2D eigenvalue weighted by Gasteiger charge is 2.30. The lowest BCUT2D eigenvalue weighted by molar-refractivity contribution is -0.137. The van der Waals surface area contributed by atoms with E-state index in [0.29, 0.717) is 5.69 Å². The Hall–Kier alpha value is -3.03. The smallest absolute Gasteiger partial charge is 0.416 e. The van der Waals surface area contributed by atoms with Gasteiger partial charge in [-0.05, 0) is 35.9 Å². The molecule has 0 unspecified atom stereocenters. The van der Waals surface area contributed by atoms with E-state index in [2.05, 4.69) is 10.6 Å². The molecule has 0 radical (unpaired) electrons. The maximum Gasteiger partial charge on any atom is 0.416 e. The number of carbonyl (C=O) groups excluding carboxylic acids is 2. The van der Waals surface area contributed by atoms with E-state index < -0.39 is 24.3 Å². The largest absolute Gasteiger partial charge is 0.484 e. The van der Waals surface area contributed by atoms with Gasteiger partial charge in [0.05, 0.1) is 5.56 Å². The Morgan fingerprint density at radius 3 is 2.36 bits per heavy atom. The average molecular weight is 394 g/mol. The fourth-order valence-electron chi connectivity index (χ4n) is 2.16. The van der Waals surface area contributed by atoms with Gasteiger partial charge >= 0.3 is 6.18 Å². The summed E-state index contributed by atoms with van der Waals surface area (Å²) >= 11 is 0. The van der Waals surface area contributed by atoms with Crippen LogP contribution in [-0.4, -0.2) is 18.4 Å². The summed E-state index contributed by atoms with van der Waals surface area (Å²) in [6.07, 6.45) is -4.47. The maximum atomic E-state index is 12.7. The van der Waals surface area contributed by atoms with Gasteiger partial charge in [-0.2, -0.15) is 13.2 Å². The SMILES string of the molecule is CC(C)C(=O)Nc1ccc(CNC(=O)COc2cccc(C(F)(F)F)c2)cc1. The van der Waals surface area contributed by atoms with Crippen LogP contribution in [0.3, 0.4) is 0 Å². The first-order valence-corrected chi connectivity index (χ1v) is 8.61. The molecule has 8 heteroatoms. The summed E-state index contributed by atoms with van der Waals surface area (Å²) in [6, 6.07) is 11.3. The van der Waals surface area contributed by atoms with E-state index >= 15 is 0 Å². The fourth-order valence-corrected chi connectivity index (χ4v) is 2.16. The molecule has 0 aliphatic carbocycles. The molecule has 0 heterocycles. The van der Waals surface area contributed by atoms with Crippen LogP contribution in [0.5, 0.6) is 5.75 Å². The van der Waals surface area contributed by atoms with Crippen LogP contribution in [-0.2, 0) is 22.3 Å². The van der Waals surface area contributed by atoms with Gasteiger partial charge < -0.3 is 15.4 Å².